The van der Waals surface area contributed by atoms with Crippen LogP contribution in [0, 0.1) is 5.92 Å². The molecule has 0 aromatic carbocycles. The van der Waals surface area contributed by atoms with Gasteiger partial charge in [-0.25, -0.2) is 4.39 Å². The Morgan fingerprint density at radius 3 is 2.82 bits per heavy atom. The van der Waals surface area contributed by atoms with Gasteiger partial charge in [-0.3, -0.25) is 4.90 Å². The van der Waals surface area contributed by atoms with E-state index in [-0.39, 0.29) is 6.67 Å². The van der Waals surface area contributed by atoms with Gasteiger partial charge in [-0.05, 0) is 32.2 Å². The Morgan fingerprint density at radius 1 is 1.45 bits per heavy atom. The fraction of sp³-hybridized carbons (Fsp3) is 1.00. The van der Waals surface area contributed by atoms with E-state index < -0.39 is 0 Å². The van der Waals surface area contributed by atoms with Crippen molar-refractivity contribution >= 4 is 0 Å². The number of nitrogens with zero attached hydrogens (tertiary/aromatic N) is 1. The minimum Gasteiger partial charge on any atom is -0.298 e. The zero-order chi connectivity index (χ0) is 8.27. The molecule has 0 bridgehead atoms. The largest absolute Gasteiger partial charge is 0.298 e. The summed E-state index contributed by atoms with van der Waals surface area (Å²) in [5.74, 6) is 0.746. The third kappa shape index (κ3) is 2.16. The molecule has 1 rings (SSSR count). The predicted molar refractivity (Wildman–Crippen MR) is 45.4 cm³/mol. The van der Waals surface area contributed by atoms with Crippen LogP contribution in [0.2, 0.25) is 0 Å². The Balaban J connectivity index is 2.38. The summed E-state index contributed by atoms with van der Waals surface area (Å²) in [4.78, 5) is 2.26. The number of piperidine rings is 1. The highest BCUT2D eigenvalue weighted by molar-refractivity contribution is 4.77. The third-order valence-electron chi connectivity index (χ3n) is 2.88. The van der Waals surface area contributed by atoms with Gasteiger partial charge in [0.25, 0.3) is 0 Å². The zero-order valence-electron chi connectivity index (χ0n) is 7.52. The SMILES string of the molecule is CC1CCCN(CCF)C1C. The first-order valence-electron chi connectivity index (χ1n) is 4.55. The third-order valence-corrected chi connectivity index (χ3v) is 2.88. The maximum atomic E-state index is 12.0. The summed E-state index contributed by atoms with van der Waals surface area (Å²) in [7, 11) is 0. The van der Waals surface area contributed by atoms with Gasteiger partial charge in [0.15, 0.2) is 0 Å². The van der Waals surface area contributed by atoms with Gasteiger partial charge >= 0.3 is 0 Å². The van der Waals surface area contributed by atoms with Gasteiger partial charge in [0.2, 0.25) is 0 Å². The Morgan fingerprint density at radius 2 is 2.18 bits per heavy atom. The standard InChI is InChI=1S/C9H18FN/c1-8-4-3-6-11(7-5-10)9(8)2/h8-9H,3-7H2,1-2H3. The smallest absolute Gasteiger partial charge is 0.102 e. The van der Waals surface area contributed by atoms with Crippen molar-refractivity contribution in [3.8, 4) is 0 Å². The van der Waals surface area contributed by atoms with E-state index in [1.165, 1.54) is 12.8 Å². The van der Waals surface area contributed by atoms with Crippen LogP contribution >= 0.6 is 0 Å². The van der Waals surface area contributed by atoms with Gasteiger partial charge in [0, 0.05) is 12.6 Å². The van der Waals surface area contributed by atoms with Crippen LogP contribution in [0.5, 0.6) is 0 Å². The van der Waals surface area contributed by atoms with Crippen molar-refractivity contribution in [2.75, 3.05) is 19.8 Å². The van der Waals surface area contributed by atoms with Gasteiger partial charge in [-0.2, -0.15) is 0 Å². The highest BCUT2D eigenvalue weighted by atomic mass is 19.1. The molecule has 1 fully saturated rings. The molecule has 1 aliphatic heterocycles. The lowest BCUT2D eigenvalue weighted by atomic mass is 9.92. The molecule has 0 amide bonds. The van der Waals surface area contributed by atoms with E-state index in [2.05, 4.69) is 18.7 Å². The molecular formula is C9H18FN. The summed E-state index contributed by atoms with van der Waals surface area (Å²) < 4.78 is 12.0. The molecule has 0 radical (unpaired) electrons. The van der Waals surface area contributed by atoms with Crippen LogP contribution in [0.4, 0.5) is 4.39 Å². The first-order chi connectivity index (χ1) is 5.25. The Labute approximate surface area is 68.6 Å². The minimum absolute atomic E-state index is 0.197. The minimum atomic E-state index is -0.197. The second-order valence-corrected chi connectivity index (χ2v) is 3.59. The van der Waals surface area contributed by atoms with Crippen LogP contribution in [0.3, 0.4) is 0 Å². The van der Waals surface area contributed by atoms with Crippen molar-refractivity contribution in [3.05, 3.63) is 0 Å². The Bertz CT molecular complexity index is 114. The van der Waals surface area contributed by atoms with Crippen molar-refractivity contribution in [2.45, 2.75) is 32.7 Å². The molecule has 0 aliphatic carbocycles. The summed E-state index contributed by atoms with van der Waals surface area (Å²) in [6, 6.07) is 0.583. The van der Waals surface area contributed by atoms with E-state index >= 15 is 0 Å². The van der Waals surface area contributed by atoms with E-state index in [0.717, 1.165) is 12.5 Å². The number of rotatable bonds is 2. The monoisotopic (exact) mass is 159 g/mol. The van der Waals surface area contributed by atoms with Crippen LogP contribution in [-0.2, 0) is 0 Å². The van der Waals surface area contributed by atoms with Crippen molar-refractivity contribution in [3.63, 3.8) is 0 Å². The highest BCUT2D eigenvalue weighted by Crippen LogP contribution is 2.21. The van der Waals surface area contributed by atoms with E-state index in [9.17, 15) is 4.39 Å². The van der Waals surface area contributed by atoms with Crippen molar-refractivity contribution in [1.82, 2.24) is 4.90 Å². The fourth-order valence-corrected chi connectivity index (χ4v) is 1.85. The molecular weight excluding hydrogens is 141 g/mol. The lowest BCUT2D eigenvalue weighted by Crippen LogP contribution is -2.43. The van der Waals surface area contributed by atoms with Gasteiger partial charge in [-0.1, -0.05) is 6.92 Å². The number of halogens is 1. The maximum absolute atomic E-state index is 12.0. The average molecular weight is 159 g/mol. The molecule has 0 aromatic rings. The zero-order valence-corrected chi connectivity index (χ0v) is 7.52. The van der Waals surface area contributed by atoms with Crippen molar-refractivity contribution in [1.29, 1.82) is 0 Å². The Kier molecular flexibility index (Phi) is 3.31. The molecule has 0 spiro atoms. The molecule has 0 saturated carbocycles. The molecule has 1 heterocycles. The summed E-state index contributed by atoms with van der Waals surface area (Å²) in [5, 5.41) is 0. The van der Waals surface area contributed by atoms with E-state index in [0.29, 0.717) is 12.6 Å². The maximum Gasteiger partial charge on any atom is 0.102 e. The van der Waals surface area contributed by atoms with E-state index in [1.807, 2.05) is 0 Å². The summed E-state index contributed by atoms with van der Waals surface area (Å²) in [6.45, 7) is 5.99. The number of hydrogen-bond acceptors (Lipinski definition) is 1. The number of hydrogen-bond donors (Lipinski definition) is 0. The molecule has 1 saturated heterocycles. The van der Waals surface area contributed by atoms with Crippen LogP contribution < -0.4 is 0 Å². The van der Waals surface area contributed by atoms with Crippen molar-refractivity contribution < 1.29 is 4.39 Å². The highest BCUT2D eigenvalue weighted by Gasteiger charge is 2.23. The topological polar surface area (TPSA) is 3.24 Å². The lowest BCUT2D eigenvalue weighted by Gasteiger charge is -2.37. The van der Waals surface area contributed by atoms with Crippen LogP contribution in [0.1, 0.15) is 26.7 Å². The molecule has 0 N–H and O–H groups in total. The second kappa shape index (κ2) is 4.05. The van der Waals surface area contributed by atoms with E-state index in [4.69, 9.17) is 0 Å². The molecule has 2 heteroatoms. The summed E-state index contributed by atoms with van der Waals surface area (Å²) in [6.07, 6.45) is 2.55. The first kappa shape index (κ1) is 8.98. The van der Waals surface area contributed by atoms with Crippen LogP contribution in [0.25, 0.3) is 0 Å². The van der Waals surface area contributed by atoms with Gasteiger partial charge < -0.3 is 0 Å². The molecule has 2 atom stereocenters. The van der Waals surface area contributed by atoms with Crippen LogP contribution in [-0.4, -0.2) is 30.7 Å². The van der Waals surface area contributed by atoms with Crippen molar-refractivity contribution in [2.24, 2.45) is 5.92 Å². The predicted octanol–water partition coefficient (Wildman–Crippen LogP) is 2.08. The normalized spacial score (nSPS) is 34.1. The number of likely N-dealkylation sites (tertiary alicyclic amines) is 1. The van der Waals surface area contributed by atoms with Gasteiger partial charge in [-0.15, -0.1) is 0 Å². The molecule has 1 aliphatic rings. The quantitative estimate of drug-likeness (QED) is 0.596. The van der Waals surface area contributed by atoms with Gasteiger partial charge in [0.1, 0.15) is 6.67 Å². The lowest BCUT2D eigenvalue weighted by molar-refractivity contribution is 0.106. The molecule has 11 heavy (non-hydrogen) atoms. The Hall–Kier alpha value is -0.110. The van der Waals surface area contributed by atoms with Crippen LogP contribution in [0.15, 0.2) is 0 Å². The van der Waals surface area contributed by atoms with E-state index in [1.54, 1.807) is 0 Å². The molecule has 2 unspecified atom stereocenters. The van der Waals surface area contributed by atoms with Gasteiger partial charge in [0.05, 0.1) is 0 Å². The molecule has 0 aromatic heterocycles. The fourth-order valence-electron chi connectivity index (χ4n) is 1.85. The summed E-state index contributed by atoms with van der Waals surface area (Å²) in [5.41, 5.74) is 0. The molecule has 66 valence electrons. The number of alkyl halides is 1. The second-order valence-electron chi connectivity index (χ2n) is 3.59. The average Bonchev–Trinajstić information content (AvgIpc) is 1.99. The summed E-state index contributed by atoms with van der Waals surface area (Å²) >= 11 is 0. The molecule has 1 nitrogen and oxygen atoms in total. The first-order valence-corrected chi connectivity index (χ1v) is 4.55.